The average Bonchev–Trinajstić information content (AvgIpc) is 2.86. The first kappa shape index (κ1) is 25.2. The fourth-order valence-corrected chi connectivity index (χ4v) is 4.06. The van der Waals surface area contributed by atoms with Crippen LogP contribution >= 0.6 is 0 Å². The third-order valence-corrected chi connectivity index (χ3v) is 6.27. The van der Waals surface area contributed by atoms with Gasteiger partial charge in [0.1, 0.15) is 17.6 Å². The van der Waals surface area contributed by atoms with E-state index in [0.29, 0.717) is 42.8 Å². The molecule has 2 aromatic rings. The Morgan fingerprint density at radius 3 is 2.38 bits per heavy atom. The van der Waals surface area contributed by atoms with Crippen molar-refractivity contribution in [1.29, 1.82) is 0 Å². The highest BCUT2D eigenvalue weighted by molar-refractivity contribution is 5.98. The van der Waals surface area contributed by atoms with E-state index in [2.05, 4.69) is 10.6 Å². The molecule has 0 aromatic heterocycles. The van der Waals surface area contributed by atoms with E-state index < -0.39 is 11.9 Å². The maximum atomic E-state index is 13.5. The lowest BCUT2D eigenvalue weighted by atomic mass is 9.88. The van der Waals surface area contributed by atoms with Crippen molar-refractivity contribution < 1.29 is 23.5 Å². The molecule has 0 bridgehead atoms. The molecule has 1 fully saturated rings. The zero-order valence-corrected chi connectivity index (χ0v) is 19.8. The number of carbonyl (C=O) groups is 3. The van der Waals surface area contributed by atoms with E-state index in [9.17, 15) is 18.8 Å². The van der Waals surface area contributed by atoms with E-state index in [-0.39, 0.29) is 29.7 Å². The first-order chi connectivity index (χ1) is 16.3. The molecular formula is C26H32FN3O4. The van der Waals surface area contributed by atoms with Gasteiger partial charge in [-0.15, -0.1) is 0 Å². The lowest BCUT2D eigenvalue weighted by Gasteiger charge is -2.36. The summed E-state index contributed by atoms with van der Waals surface area (Å²) in [5.74, 6) is -0.878. The number of hydrogen-bond donors (Lipinski definition) is 2. The van der Waals surface area contributed by atoms with Crippen molar-refractivity contribution in [3.05, 3.63) is 65.5 Å². The molecule has 3 rings (SSSR count). The van der Waals surface area contributed by atoms with E-state index in [0.717, 1.165) is 6.42 Å². The number of rotatable bonds is 8. The van der Waals surface area contributed by atoms with Crippen molar-refractivity contribution in [2.45, 2.75) is 45.2 Å². The van der Waals surface area contributed by atoms with Crippen LogP contribution in [0.1, 0.15) is 53.8 Å². The number of benzene rings is 2. The highest BCUT2D eigenvalue weighted by Gasteiger charge is 2.34. The van der Waals surface area contributed by atoms with Crippen LogP contribution in [0.25, 0.3) is 0 Å². The summed E-state index contributed by atoms with van der Waals surface area (Å²) in [5, 5.41) is 5.88. The molecule has 3 amide bonds. The number of likely N-dealkylation sites (tertiary alicyclic amines) is 1. The van der Waals surface area contributed by atoms with Crippen LogP contribution in [0.2, 0.25) is 0 Å². The van der Waals surface area contributed by atoms with Gasteiger partial charge in [0, 0.05) is 30.3 Å². The fraction of sp³-hybridized carbons (Fsp3) is 0.423. The minimum atomic E-state index is -0.737. The Bertz CT molecular complexity index is 1020. The second-order valence-corrected chi connectivity index (χ2v) is 8.64. The topological polar surface area (TPSA) is 87.7 Å². The van der Waals surface area contributed by atoms with Gasteiger partial charge in [-0.3, -0.25) is 14.4 Å². The Morgan fingerprint density at radius 1 is 1.06 bits per heavy atom. The largest absolute Gasteiger partial charge is 0.497 e. The summed E-state index contributed by atoms with van der Waals surface area (Å²) in [7, 11) is 1.53. The van der Waals surface area contributed by atoms with Gasteiger partial charge in [-0.1, -0.05) is 19.1 Å². The highest BCUT2D eigenvalue weighted by Crippen LogP contribution is 2.24. The third kappa shape index (κ3) is 6.34. The van der Waals surface area contributed by atoms with Gasteiger partial charge in [0.2, 0.25) is 5.91 Å². The minimum Gasteiger partial charge on any atom is -0.497 e. The number of carbonyl (C=O) groups excluding carboxylic acids is 3. The molecule has 1 aliphatic heterocycles. The zero-order chi connectivity index (χ0) is 24.7. The Labute approximate surface area is 199 Å². The normalized spacial score (nSPS) is 15.8. The first-order valence-electron chi connectivity index (χ1n) is 11.6. The number of methoxy groups -OCH3 is 1. The average molecular weight is 470 g/mol. The lowest BCUT2D eigenvalue weighted by molar-refractivity contribution is -0.125. The summed E-state index contributed by atoms with van der Waals surface area (Å²) >= 11 is 0. The predicted molar refractivity (Wildman–Crippen MR) is 127 cm³/mol. The molecule has 8 heteroatoms. The molecule has 0 saturated carbocycles. The molecule has 182 valence electrons. The van der Waals surface area contributed by atoms with Crippen LogP contribution in [-0.2, 0) is 4.79 Å². The van der Waals surface area contributed by atoms with Crippen molar-refractivity contribution in [2.24, 2.45) is 5.92 Å². The van der Waals surface area contributed by atoms with Gasteiger partial charge in [0.25, 0.3) is 11.8 Å². The molecule has 1 saturated heterocycles. The maximum Gasteiger partial charge on any atom is 0.253 e. The quantitative estimate of drug-likeness (QED) is 0.620. The van der Waals surface area contributed by atoms with E-state index in [1.807, 2.05) is 13.8 Å². The van der Waals surface area contributed by atoms with Crippen LogP contribution in [0.15, 0.2) is 48.5 Å². The third-order valence-electron chi connectivity index (χ3n) is 6.27. The lowest BCUT2D eigenvalue weighted by Crippen LogP contribution is -2.55. The molecule has 1 aliphatic rings. The number of piperidine rings is 1. The maximum absolute atomic E-state index is 13.5. The van der Waals surface area contributed by atoms with E-state index in [1.165, 1.54) is 25.3 Å². The van der Waals surface area contributed by atoms with Crippen molar-refractivity contribution in [3.63, 3.8) is 0 Å². The Morgan fingerprint density at radius 2 is 1.74 bits per heavy atom. The number of hydrogen-bond acceptors (Lipinski definition) is 4. The van der Waals surface area contributed by atoms with Crippen LogP contribution in [-0.4, -0.2) is 54.9 Å². The van der Waals surface area contributed by atoms with Crippen LogP contribution in [0.3, 0.4) is 0 Å². The molecule has 1 heterocycles. The van der Waals surface area contributed by atoms with Crippen molar-refractivity contribution in [3.8, 4) is 5.75 Å². The van der Waals surface area contributed by atoms with Crippen molar-refractivity contribution >= 4 is 17.7 Å². The number of nitrogens with one attached hydrogen (secondary N) is 2. The second-order valence-electron chi connectivity index (χ2n) is 8.64. The molecule has 7 nitrogen and oxygen atoms in total. The van der Waals surface area contributed by atoms with E-state index in [4.69, 9.17) is 4.74 Å². The summed E-state index contributed by atoms with van der Waals surface area (Å²) in [5.41, 5.74) is 0.704. The summed E-state index contributed by atoms with van der Waals surface area (Å²) in [4.78, 5) is 40.5. The van der Waals surface area contributed by atoms with Crippen molar-refractivity contribution in [1.82, 2.24) is 15.5 Å². The van der Waals surface area contributed by atoms with Gasteiger partial charge in [-0.2, -0.15) is 0 Å². The molecule has 34 heavy (non-hydrogen) atoms. The van der Waals surface area contributed by atoms with Crippen molar-refractivity contribution in [2.75, 3.05) is 20.2 Å². The smallest absolute Gasteiger partial charge is 0.253 e. The number of amides is 3. The molecule has 2 atom stereocenters. The molecule has 2 N–H and O–H groups in total. The zero-order valence-electron chi connectivity index (χ0n) is 19.8. The van der Waals surface area contributed by atoms with E-state index >= 15 is 0 Å². The summed E-state index contributed by atoms with van der Waals surface area (Å²) in [6, 6.07) is 11.6. The molecule has 0 unspecified atom stereocenters. The Balaban J connectivity index is 1.71. The Kier molecular flexibility index (Phi) is 8.62. The van der Waals surface area contributed by atoms with Crippen LogP contribution < -0.4 is 15.4 Å². The van der Waals surface area contributed by atoms with Gasteiger partial charge in [-0.25, -0.2) is 4.39 Å². The van der Waals surface area contributed by atoms with Crippen LogP contribution in [0.4, 0.5) is 4.39 Å². The SMILES string of the molecule is CC[C@@H](C)NC(=O)[C@@H](NC(=O)c1cccc(OC)c1)C1CCN(C(=O)c2cccc(F)c2)CC1. The minimum absolute atomic E-state index is 0.0293. The molecule has 0 aliphatic carbocycles. The molecule has 0 radical (unpaired) electrons. The number of nitrogens with zero attached hydrogens (tertiary/aromatic N) is 1. The summed E-state index contributed by atoms with van der Waals surface area (Å²) < 4.78 is 18.7. The number of ether oxygens (including phenoxy) is 1. The first-order valence-corrected chi connectivity index (χ1v) is 11.6. The molecular weight excluding hydrogens is 437 g/mol. The predicted octanol–water partition coefficient (Wildman–Crippen LogP) is 3.40. The monoisotopic (exact) mass is 469 g/mol. The fourth-order valence-electron chi connectivity index (χ4n) is 4.06. The Hall–Kier alpha value is -3.42. The summed E-state index contributed by atoms with van der Waals surface area (Å²) in [6.07, 6.45) is 1.85. The van der Waals surface area contributed by atoms with Gasteiger partial charge >= 0.3 is 0 Å². The van der Waals surface area contributed by atoms with Gasteiger partial charge < -0.3 is 20.3 Å². The standard InChI is InChI=1S/C26H32FN3O4/c1-4-17(2)28-25(32)23(29-24(31)19-7-6-10-22(16-19)34-3)18-11-13-30(14-12-18)26(33)20-8-5-9-21(27)15-20/h5-10,15-18,23H,4,11-14H2,1-3H3,(H,28,32)(H,29,31)/t17-,23+/m1/s1. The van der Waals surface area contributed by atoms with Crippen LogP contribution in [0.5, 0.6) is 5.75 Å². The number of halogens is 1. The second kappa shape index (κ2) is 11.6. The van der Waals surface area contributed by atoms with Gasteiger partial charge in [-0.05, 0) is 68.5 Å². The molecule has 0 spiro atoms. The van der Waals surface area contributed by atoms with Gasteiger partial charge in [0.05, 0.1) is 7.11 Å². The molecule has 2 aromatic carbocycles. The van der Waals surface area contributed by atoms with Gasteiger partial charge in [0.15, 0.2) is 0 Å². The summed E-state index contributed by atoms with van der Waals surface area (Å²) in [6.45, 7) is 4.73. The van der Waals surface area contributed by atoms with Crippen LogP contribution in [0, 0.1) is 11.7 Å². The van der Waals surface area contributed by atoms with E-state index in [1.54, 1.807) is 35.2 Å². The highest BCUT2D eigenvalue weighted by atomic mass is 19.1.